The van der Waals surface area contributed by atoms with Gasteiger partial charge in [-0.2, -0.15) is 0 Å². The van der Waals surface area contributed by atoms with Gasteiger partial charge in [-0.15, -0.1) is 0 Å². The van der Waals surface area contributed by atoms with Crippen molar-refractivity contribution in [2.75, 3.05) is 0 Å². The van der Waals surface area contributed by atoms with E-state index < -0.39 is 23.7 Å². The first-order valence-electron chi connectivity index (χ1n) is 18.5. The van der Waals surface area contributed by atoms with Crippen LogP contribution in [0.25, 0.3) is 0 Å². The minimum absolute atomic E-state index is 0.140. The van der Waals surface area contributed by atoms with E-state index in [2.05, 4.69) is 48.6 Å². The summed E-state index contributed by atoms with van der Waals surface area (Å²) in [7, 11) is 0. The quantitative estimate of drug-likeness (QED) is 0.113. The van der Waals surface area contributed by atoms with Gasteiger partial charge in [-0.05, 0) is 74.8 Å². The molecule has 1 amide bonds. The Labute approximate surface area is 313 Å². The van der Waals surface area contributed by atoms with E-state index in [1.165, 1.54) is 0 Å². The first kappa shape index (κ1) is 39.7. The van der Waals surface area contributed by atoms with Crippen LogP contribution >= 0.6 is 0 Å². The summed E-state index contributed by atoms with van der Waals surface area (Å²) in [4.78, 5) is 24.1. The van der Waals surface area contributed by atoms with Crippen molar-refractivity contribution in [1.82, 2.24) is 5.32 Å². The van der Waals surface area contributed by atoms with E-state index in [9.17, 15) is 14.7 Å². The van der Waals surface area contributed by atoms with Gasteiger partial charge in [-0.1, -0.05) is 115 Å². The van der Waals surface area contributed by atoms with Gasteiger partial charge in [0.15, 0.2) is 0 Å². The number of benzene rings is 4. The summed E-state index contributed by atoms with van der Waals surface area (Å²) in [6.07, 6.45) is 0.150. The van der Waals surface area contributed by atoms with Gasteiger partial charge in [-0.25, -0.2) is 9.59 Å². The Morgan fingerprint density at radius 2 is 1.15 bits per heavy atom. The van der Waals surface area contributed by atoms with Crippen LogP contribution in [0.15, 0.2) is 115 Å². The van der Waals surface area contributed by atoms with Crippen molar-refractivity contribution in [2.24, 2.45) is 0 Å². The van der Waals surface area contributed by atoms with Crippen LogP contribution in [0.3, 0.4) is 0 Å². The monoisotopic (exact) mass is 723 g/mol. The first-order chi connectivity index (χ1) is 25.5. The summed E-state index contributed by atoms with van der Waals surface area (Å²) in [5.41, 5.74) is 4.42. The lowest BCUT2D eigenvalue weighted by Crippen LogP contribution is -2.59. The van der Waals surface area contributed by atoms with Crippen molar-refractivity contribution < 1.29 is 38.4 Å². The lowest BCUT2D eigenvalue weighted by atomic mass is 9.91. The van der Waals surface area contributed by atoms with Crippen LogP contribution in [0.2, 0.25) is 0 Å². The van der Waals surface area contributed by atoms with Crippen molar-refractivity contribution in [3.63, 3.8) is 0 Å². The van der Waals surface area contributed by atoms with E-state index in [0.29, 0.717) is 19.8 Å². The van der Waals surface area contributed by atoms with E-state index >= 15 is 0 Å². The zero-order chi connectivity index (χ0) is 37.6. The summed E-state index contributed by atoms with van der Waals surface area (Å²) in [5.74, 6) is -1.12. The second-order valence-electron chi connectivity index (χ2n) is 14.6. The highest BCUT2D eigenvalue weighted by Gasteiger charge is 2.46. The van der Waals surface area contributed by atoms with Crippen LogP contribution < -0.4 is 5.32 Å². The second kappa shape index (κ2) is 19.5. The van der Waals surface area contributed by atoms with Gasteiger partial charge in [-0.3, -0.25) is 0 Å². The molecule has 4 aromatic carbocycles. The van der Waals surface area contributed by atoms with Gasteiger partial charge in [0, 0.05) is 6.42 Å². The maximum Gasteiger partial charge on any atom is 0.408 e. The van der Waals surface area contributed by atoms with E-state index in [1.807, 2.05) is 78.9 Å². The van der Waals surface area contributed by atoms with Gasteiger partial charge < -0.3 is 34.1 Å². The molecule has 282 valence electrons. The van der Waals surface area contributed by atoms with Crippen molar-refractivity contribution in [2.45, 2.75) is 115 Å². The zero-order valence-electron chi connectivity index (χ0n) is 31.2. The smallest absolute Gasteiger partial charge is 0.408 e. The lowest BCUT2D eigenvalue weighted by Gasteiger charge is -2.45. The molecule has 1 aliphatic heterocycles. The third-order valence-corrected chi connectivity index (χ3v) is 9.13. The van der Waals surface area contributed by atoms with E-state index in [-0.39, 0.29) is 36.9 Å². The molecule has 5 rings (SSSR count). The van der Waals surface area contributed by atoms with Crippen LogP contribution in [-0.2, 0) is 61.1 Å². The molecule has 0 aromatic heterocycles. The number of amides is 1. The molecular formula is C44H53NO8. The number of ether oxygens (including phenoxy) is 5. The second-order valence-corrected chi connectivity index (χ2v) is 14.6. The number of alkyl carbamates (subject to hydrolysis) is 1. The normalized spacial score (nSPS) is 20.7. The highest BCUT2D eigenvalue weighted by molar-refractivity contribution is 5.80. The zero-order valence-corrected chi connectivity index (χ0v) is 31.2. The van der Waals surface area contributed by atoms with Crippen molar-refractivity contribution in [3.05, 3.63) is 143 Å². The average molecular weight is 724 g/mol. The molecule has 0 bridgehead atoms. The molecule has 1 saturated heterocycles. The Hall–Kier alpha value is -4.54. The Bertz CT molecular complexity index is 1680. The molecule has 2 N–H and O–H groups in total. The topological polar surface area (TPSA) is 113 Å². The molecule has 1 fully saturated rings. The standard InChI is InChI=1S/C44H53NO8/c1-31-39(49-28-34-15-8-5-9-16-34)41(51-30-36-19-12-7-13-20-36)40(50-29-35-17-10-6-11-18-35)38(52-31)22-14-21-32-23-25-33(26-24-32)27-37(42(46)47)45-43(48)53-44(2,3)4/h5-13,15-20,23-26,31,37-41H,14,21-22,27-30H2,1-4H3,(H,45,48)(H,46,47). The summed E-state index contributed by atoms with van der Waals surface area (Å²) >= 11 is 0. The van der Waals surface area contributed by atoms with E-state index in [0.717, 1.165) is 47.1 Å². The minimum Gasteiger partial charge on any atom is -0.480 e. The third kappa shape index (κ3) is 12.8. The van der Waals surface area contributed by atoms with Gasteiger partial charge in [0.05, 0.1) is 32.0 Å². The number of hydrogen-bond acceptors (Lipinski definition) is 7. The number of carboxylic acids is 1. The SMILES string of the molecule is CC1OC(CCCc2ccc(CC(NC(=O)OC(C)(C)C)C(=O)O)cc2)C(OCc2ccccc2)C(OCc2ccccc2)C1OCc1ccccc1. The number of aliphatic carboxylic acids is 1. The summed E-state index contributed by atoms with van der Waals surface area (Å²) in [5, 5.41) is 12.2. The summed E-state index contributed by atoms with van der Waals surface area (Å²) in [6, 6.07) is 37.1. The number of hydrogen-bond donors (Lipinski definition) is 2. The largest absolute Gasteiger partial charge is 0.480 e. The molecular weight excluding hydrogens is 670 g/mol. The highest BCUT2D eigenvalue weighted by atomic mass is 16.6. The van der Waals surface area contributed by atoms with Crippen molar-refractivity contribution >= 4 is 12.1 Å². The lowest BCUT2D eigenvalue weighted by molar-refractivity contribution is -0.262. The molecule has 0 aliphatic carbocycles. The van der Waals surface area contributed by atoms with Gasteiger partial charge in [0.25, 0.3) is 0 Å². The fourth-order valence-corrected chi connectivity index (χ4v) is 6.49. The first-order valence-corrected chi connectivity index (χ1v) is 18.5. The highest BCUT2D eigenvalue weighted by Crippen LogP contribution is 2.32. The van der Waals surface area contributed by atoms with Crippen LogP contribution in [0.4, 0.5) is 4.79 Å². The van der Waals surface area contributed by atoms with Gasteiger partial charge in [0.1, 0.15) is 30.0 Å². The van der Waals surface area contributed by atoms with Crippen LogP contribution in [0.1, 0.15) is 68.4 Å². The Balaban J connectivity index is 1.27. The molecule has 6 atom stereocenters. The fraction of sp³-hybridized carbons (Fsp3) is 0.409. The number of carbonyl (C=O) groups excluding carboxylic acids is 1. The number of carboxylic acid groups (broad SMARTS) is 1. The van der Waals surface area contributed by atoms with Crippen LogP contribution in [-0.4, -0.2) is 59.3 Å². The van der Waals surface area contributed by atoms with E-state index in [4.69, 9.17) is 23.7 Å². The number of aryl methyl sites for hydroxylation is 1. The van der Waals surface area contributed by atoms with E-state index in [1.54, 1.807) is 20.8 Å². The van der Waals surface area contributed by atoms with Gasteiger partial charge >= 0.3 is 12.1 Å². The number of rotatable bonds is 17. The fourth-order valence-electron chi connectivity index (χ4n) is 6.49. The van der Waals surface area contributed by atoms with Crippen LogP contribution in [0, 0.1) is 0 Å². The number of nitrogens with one attached hydrogen (secondary N) is 1. The maximum atomic E-state index is 12.2. The maximum absolute atomic E-state index is 12.2. The molecule has 0 radical (unpaired) electrons. The third-order valence-electron chi connectivity index (χ3n) is 9.13. The number of carbonyl (C=O) groups is 2. The van der Waals surface area contributed by atoms with Crippen molar-refractivity contribution in [3.8, 4) is 0 Å². The predicted molar refractivity (Wildman–Crippen MR) is 203 cm³/mol. The molecule has 9 heteroatoms. The molecule has 6 unspecified atom stereocenters. The Morgan fingerprint density at radius 1 is 0.679 bits per heavy atom. The Kier molecular flexibility index (Phi) is 14.6. The molecule has 1 aliphatic rings. The van der Waals surface area contributed by atoms with Crippen molar-refractivity contribution in [1.29, 1.82) is 0 Å². The van der Waals surface area contributed by atoms with Gasteiger partial charge in [0.2, 0.25) is 0 Å². The van der Waals surface area contributed by atoms with Crippen LogP contribution in [0.5, 0.6) is 0 Å². The minimum atomic E-state index is -1.12. The molecule has 53 heavy (non-hydrogen) atoms. The predicted octanol–water partition coefficient (Wildman–Crippen LogP) is 8.07. The average Bonchev–Trinajstić information content (AvgIpc) is 3.14. The molecule has 0 saturated carbocycles. The summed E-state index contributed by atoms with van der Waals surface area (Å²) < 4.78 is 32.0. The molecule has 9 nitrogen and oxygen atoms in total. The Morgan fingerprint density at radius 3 is 1.64 bits per heavy atom. The molecule has 0 spiro atoms. The molecule has 1 heterocycles. The summed E-state index contributed by atoms with van der Waals surface area (Å²) in [6.45, 7) is 8.52. The molecule has 4 aromatic rings.